The van der Waals surface area contributed by atoms with E-state index in [1.54, 1.807) is 25.4 Å². The molecule has 0 aliphatic carbocycles. The molecule has 0 amide bonds. The third kappa shape index (κ3) is 3.51. The minimum Gasteiger partial charge on any atom is -0.423 e. The molecule has 1 rings (SSSR count). The van der Waals surface area contributed by atoms with Crippen molar-refractivity contribution in [1.29, 1.82) is 0 Å². The van der Waals surface area contributed by atoms with E-state index in [2.05, 4.69) is 4.98 Å². The normalized spacial score (nSPS) is 10.1. The second kappa shape index (κ2) is 5.70. The molecular weight excluding hydrogens is 195 g/mol. The smallest absolute Gasteiger partial charge is 0.423 e. The highest BCUT2D eigenvalue weighted by atomic mass is 16.5. The van der Waals surface area contributed by atoms with E-state index in [9.17, 15) is 0 Å². The van der Waals surface area contributed by atoms with Crippen LogP contribution in [-0.4, -0.2) is 49.5 Å². The molecule has 1 heterocycles. The van der Waals surface area contributed by atoms with E-state index in [1.807, 2.05) is 11.9 Å². The Hall–Kier alpha value is -1.11. The highest BCUT2D eigenvalue weighted by Crippen LogP contribution is 2.04. The lowest BCUT2D eigenvalue weighted by atomic mass is 9.81. The highest BCUT2D eigenvalue weighted by molar-refractivity contribution is 6.58. The average Bonchev–Trinajstić information content (AvgIpc) is 2.26. The van der Waals surface area contributed by atoms with Gasteiger partial charge in [0.15, 0.2) is 0 Å². The molecule has 1 aromatic heterocycles. The first-order chi connectivity index (χ1) is 7.15. The fourth-order valence-corrected chi connectivity index (χ4v) is 1.15. The SMILES string of the molecule is COCCN(C)c1cc(B(O)O)ccn1. The lowest BCUT2D eigenvalue weighted by Gasteiger charge is -2.17. The van der Waals surface area contributed by atoms with E-state index < -0.39 is 7.12 Å². The summed E-state index contributed by atoms with van der Waals surface area (Å²) in [6.07, 6.45) is 1.55. The second-order valence-electron chi connectivity index (χ2n) is 3.24. The van der Waals surface area contributed by atoms with Gasteiger partial charge in [-0.25, -0.2) is 4.98 Å². The monoisotopic (exact) mass is 210 g/mol. The van der Waals surface area contributed by atoms with Crippen LogP contribution in [0.4, 0.5) is 5.82 Å². The van der Waals surface area contributed by atoms with Gasteiger partial charge in [-0.3, -0.25) is 0 Å². The zero-order valence-corrected chi connectivity index (χ0v) is 8.92. The zero-order chi connectivity index (χ0) is 11.3. The number of rotatable bonds is 5. The van der Waals surface area contributed by atoms with Crippen LogP contribution in [0.2, 0.25) is 0 Å². The second-order valence-corrected chi connectivity index (χ2v) is 3.24. The van der Waals surface area contributed by atoms with Gasteiger partial charge < -0.3 is 19.7 Å². The Kier molecular flexibility index (Phi) is 4.55. The van der Waals surface area contributed by atoms with Gasteiger partial charge in [0.1, 0.15) is 5.82 Å². The number of hydrogen-bond acceptors (Lipinski definition) is 5. The minimum atomic E-state index is -1.46. The number of methoxy groups -OCH3 is 1. The van der Waals surface area contributed by atoms with Crippen molar-refractivity contribution < 1.29 is 14.8 Å². The molecule has 0 radical (unpaired) electrons. The van der Waals surface area contributed by atoms with Crippen LogP contribution in [-0.2, 0) is 4.74 Å². The van der Waals surface area contributed by atoms with Crippen molar-refractivity contribution in [1.82, 2.24) is 4.98 Å². The van der Waals surface area contributed by atoms with E-state index in [0.29, 0.717) is 24.4 Å². The fourth-order valence-electron chi connectivity index (χ4n) is 1.15. The number of hydrogen-bond donors (Lipinski definition) is 2. The molecule has 0 fully saturated rings. The maximum Gasteiger partial charge on any atom is 0.488 e. The van der Waals surface area contributed by atoms with E-state index >= 15 is 0 Å². The molecule has 0 spiro atoms. The number of likely N-dealkylation sites (N-methyl/N-ethyl adjacent to an activating group) is 1. The maximum absolute atomic E-state index is 8.99. The lowest BCUT2D eigenvalue weighted by Crippen LogP contribution is -2.32. The first-order valence-electron chi connectivity index (χ1n) is 4.67. The number of anilines is 1. The third-order valence-electron chi connectivity index (χ3n) is 2.09. The van der Waals surface area contributed by atoms with Gasteiger partial charge in [-0.2, -0.15) is 0 Å². The number of pyridine rings is 1. The minimum absolute atomic E-state index is 0.435. The predicted octanol–water partition coefficient (Wildman–Crippen LogP) is -1.16. The van der Waals surface area contributed by atoms with Gasteiger partial charge in [-0.05, 0) is 17.6 Å². The van der Waals surface area contributed by atoms with Crippen LogP contribution in [0.15, 0.2) is 18.3 Å². The summed E-state index contributed by atoms with van der Waals surface area (Å²) in [5.74, 6) is 0.692. The molecule has 6 heteroatoms. The quantitative estimate of drug-likeness (QED) is 0.600. The Balaban J connectivity index is 2.71. The van der Waals surface area contributed by atoms with Crippen LogP contribution in [0.3, 0.4) is 0 Å². The maximum atomic E-state index is 8.99. The summed E-state index contributed by atoms with van der Waals surface area (Å²) in [7, 11) is 2.05. The fraction of sp³-hybridized carbons (Fsp3) is 0.444. The molecule has 0 bridgehead atoms. The van der Waals surface area contributed by atoms with Crippen LogP contribution in [0.1, 0.15) is 0 Å². The van der Waals surface area contributed by atoms with Crippen molar-refractivity contribution >= 4 is 18.4 Å². The molecule has 0 aliphatic heterocycles. The summed E-state index contributed by atoms with van der Waals surface area (Å²) in [5, 5.41) is 18.0. The number of aromatic nitrogens is 1. The van der Waals surface area contributed by atoms with Crippen molar-refractivity contribution in [2.45, 2.75) is 0 Å². The van der Waals surface area contributed by atoms with Gasteiger partial charge in [0.25, 0.3) is 0 Å². The van der Waals surface area contributed by atoms with Crippen LogP contribution in [0.25, 0.3) is 0 Å². The first-order valence-corrected chi connectivity index (χ1v) is 4.67. The summed E-state index contributed by atoms with van der Waals surface area (Å²) >= 11 is 0. The van der Waals surface area contributed by atoms with E-state index in [0.717, 1.165) is 0 Å². The molecular formula is C9H15BN2O3. The molecule has 0 aliphatic rings. The molecule has 5 nitrogen and oxygen atoms in total. The van der Waals surface area contributed by atoms with E-state index in [4.69, 9.17) is 14.8 Å². The Morgan fingerprint density at radius 1 is 1.53 bits per heavy atom. The molecule has 0 unspecified atom stereocenters. The first kappa shape index (κ1) is 12.0. The molecule has 15 heavy (non-hydrogen) atoms. The topological polar surface area (TPSA) is 65.8 Å². The summed E-state index contributed by atoms with van der Waals surface area (Å²) in [5.41, 5.74) is 0.435. The summed E-state index contributed by atoms with van der Waals surface area (Å²) in [6.45, 7) is 1.30. The Morgan fingerprint density at radius 3 is 2.87 bits per heavy atom. The Bertz CT molecular complexity index is 309. The van der Waals surface area contributed by atoms with Gasteiger partial charge in [0.2, 0.25) is 0 Å². The average molecular weight is 210 g/mol. The lowest BCUT2D eigenvalue weighted by molar-refractivity contribution is 0.206. The summed E-state index contributed by atoms with van der Waals surface area (Å²) in [6, 6.07) is 3.21. The highest BCUT2D eigenvalue weighted by Gasteiger charge is 2.12. The molecule has 0 atom stereocenters. The standard InChI is InChI=1S/C9H15BN2O3/c1-12(5-6-15-2)9-7-8(10(13)14)3-4-11-9/h3-4,7,13-14H,5-6H2,1-2H3. The molecule has 82 valence electrons. The van der Waals surface area contributed by atoms with Gasteiger partial charge in [0.05, 0.1) is 6.61 Å². The Labute approximate surface area is 89.5 Å². The van der Waals surface area contributed by atoms with Crippen molar-refractivity contribution in [2.24, 2.45) is 0 Å². The van der Waals surface area contributed by atoms with Crippen molar-refractivity contribution in [3.63, 3.8) is 0 Å². The van der Waals surface area contributed by atoms with Gasteiger partial charge in [0, 0.05) is 26.9 Å². The van der Waals surface area contributed by atoms with E-state index in [-0.39, 0.29) is 0 Å². The van der Waals surface area contributed by atoms with Crippen LogP contribution < -0.4 is 10.4 Å². The van der Waals surface area contributed by atoms with Gasteiger partial charge >= 0.3 is 7.12 Å². The zero-order valence-electron chi connectivity index (χ0n) is 8.92. The molecule has 0 aromatic carbocycles. The third-order valence-corrected chi connectivity index (χ3v) is 2.09. The summed E-state index contributed by atoms with van der Waals surface area (Å²) < 4.78 is 4.94. The molecule has 0 saturated carbocycles. The Morgan fingerprint density at radius 2 is 2.27 bits per heavy atom. The van der Waals surface area contributed by atoms with Crippen molar-refractivity contribution in [3.8, 4) is 0 Å². The summed E-state index contributed by atoms with van der Waals surface area (Å²) in [4.78, 5) is 6.01. The molecule has 2 N–H and O–H groups in total. The van der Waals surface area contributed by atoms with Gasteiger partial charge in [-0.1, -0.05) is 0 Å². The van der Waals surface area contributed by atoms with Crippen molar-refractivity contribution in [3.05, 3.63) is 18.3 Å². The largest absolute Gasteiger partial charge is 0.488 e. The van der Waals surface area contributed by atoms with Gasteiger partial charge in [-0.15, -0.1) is 0 Å². The number of ether oxygens (including phenoxy) is 1. The molecule has 1 aromatic rings. The number of nitrogens with zero attached hydrogens (tertiary/aromatic N) is 2. The molecule has 0 saturated heterocycles. The van der Waals surface area contributed by atoms with Crippen molar-refractivity contribution in [2.75, 3.05) is 32.2 Å². The van der Waals surface area contributed by atoms with Crippen LogP contribution in [0.5, 0.6) is 0 Å². The van der Waals surface area contributed by atoms with E-state index in [1.165, 1.54) is 0 Å². The predicted molar refractivity (Wildman–Crippen MR) is 59.2 cm³/mol. The van der Waals surface area contributed by atoms with Crippen LogP contribution >= 0.6 is 0 Å². The van der Waals surface area contributed by atoms with Crippen LogP contribution in [0, 0.1) is 0 Å².